The lowest BCUT2D eigenvalue weighted by molar-refractivity contribution is -0.141. The van der Waals surface area contributed by atoms with Crippen molar-refractivity contribution in [2.75, 3.05) is 12.0 Å². The van der Waals surface area contributed by atoms with E-state index in [1.807, 2.05) is 0 Å². The van der Waals surface area contributed by atoms with Gasteiger partial charge < -0.3 is 25.6 Å². The topological polar surface area (TPSA) is 142 Å². The Labute approximate surface area is 119 Å². The van der Waals surface area contributed by atoms with E-state index in [1.54, 1.807) is 6.26 Å². The summed E-state index contributed by atoms with van der Waals surface area (Å²) in [7, 11) is 0. The number of carboxylic acid groups (broad SMARTS) is 2. The van der Waals surface area contributed by atoms with Crippen LogP contribution in [0.1, 0.15) is 12.8 Å². The summed E-state index contributed by atoms with van der Waals surface area (Å²) in [5, 5.41) is 21.7. The number of hydrogen-bond acceptors (Lipinski definition) is 6. The van der Waals surface area contributed by atoms with Crippen LogP contribution in [0.5, 0.6) is 0 Å². The van der Waals surface area contributed by atoms with Crippen LogP contribution in [0.15, 0.2) is 0 Å². The van der Waals surface area contributed by atoms with Crippen LogP contribution in [0.25, 0.3) is 0 Å². The summed E-state index contributed by atoms with van der Waals surface area (Å²) < 4.78 is 4.58. The summed E-state index contributed by atoms with van der Waals surface area (Å²) in [6.07, 6.45) is 0.195. The Bertz CT molecular complexity index is 364. The zero-order valence-corrected chi connectivity index (χ0v) is 11.5. The second kappa shape index (κ2) is 9.89. The van der Waals surface area contributed by atoms with Gasteiger partial charge in [0.05, 0.1) is 0 Å². The van der Waals surface area contributed by atoms with E-state index >= 15 is 0 Å². The summed E-state index contributed by atoms with van der Waals surface area (Å²) in [5.41, 5.74) is 0. The summed E-state index contributed by atoms with van der Waals surface area (Å²) >= 11 is 1.31. The number of amides is 2. The third-order valence-corrected chi connectivity index (χ3v) is 2.72. The molecule has 114 valence electrons. The molecule has 2 amide bonds. The van der Waals surface area contributed by atoms with E-state index in [1.165, 1.54) is 11.8 Å². The van der Waals surface area contributed by atoms with Crippen LogP contribution < -0.4 is 10.6 Å². The third kappa shape index (κ3) is 8.19. The molecule has 0 aromatic carbocycles. The molecule has 0 fully saturated rings. The summed E-state index contributed by atoms with van der Waals surface area (Å²) in [6.45, 7) is 0.167. The summed E-state index contributed by atoms with van der Waals surface area (Å²) in [4.78, 5) is 43.0. The van der Waals surface area contributed by atoms with Crippen molar-refractivity contribution in [2.24, 2.45) is 0 Å². The Morgan fingerprint density at radius 3 is 2.40 bits per heavy atom. The first-order valence-electron chi connectivity index (χ1n) is 5.50. The van der Waals surface area contributed by atoms with Crippen molar-refractivity contribution in [3.8, 4) is 0 Å². The second-order valence-electron chi connectivity index (χ2n) is 3.62. The van der Waals surface area contributed by atoms with Crippen LogP contribution in [0, 0.1) is 0 Å². The molecule has 0 heterocycles. The highest BCUT2D eigenvalue weighted by molar-refractivity contribution is 7.98. The molecule has 0 aliphatic rings. The molecular formula is C10H16N2O7S. The van der Waals surface area contributed by atoms with Crippen molar-refractivity contribution in [2.45, 2.75) is 25.1 Å². The normalized spacial score (nSPS) is 12.8. The van der Waals surface area contributed by atoms with Crippen molar-refractivity contribution < 1.29 is 34.1 Å². The molecule has 0 aromatic rings. The molecule has 0 saturated heterocycles. The lowest BCUT2D eigenvalue weighted by atomic mass is 10.1. The lowest BCUT2D eigenvalue weighted by Crippen LogP contribution is -2.50. The maximum atomic E-state index is 11.5. The van der Waals surface area contributed by atoms with Gasteiger partial charge in [-0.15, -0.1) is 0 Å². The molecule has 0 bridgehead atoms. The van der Waals surface area contributed by atoms with Crippen molar-refractivity contribution in [1.82, 2.24) is 10.6 Å². The van der Waals surface area contributed by atoms with Gasteiger partial charge in [-0.05, 0) is 12.7 Å². The average Bonchev–Trinajstić information content (AvgIpc) is 2.34. The number of carbonyl (C=O) groups is 4. The first-order valence-corrected chi connectivity index (χ1v) is 6.89. The Morgan fingerprint density at radius 1 is 1.30 bits per heavy atom. The molecule has 0 radical (unpaired) electrons. The number of hydrogen-bond donors (Lipinski definition) is 4. The van der Waals surface area contributed by atoms with Gasteiger partial charge in [-0.1, -0.05) is 0 Å². The van der Waals surface area contributed by atoms with Gasteiger partial charge >= 0.3 is 18.0 Å². The fourth-order valence-electron chi connectivity index (χ4n) is 1.20. The number of rotatable bonds is 10. The number of nitrogens with one attached hydrogen (secondary N) is 2. The standard InChI is InChI=1S/C10H16N2O7S/c1-20-4-7(19-5-13)12-10(18)11-6(9(16)17)2-3-8(14)15/h5-7H,2-4H2,1H3,(H,14,15)(H,16,17)(H2,11,12,18)/t6-,7+/m0/s1. The van der Waals surface area contributed by atoms with Gasteiger partial charge in [-0.25, -0.2) is 9.59 Å². The van der Waals surface area contributed by atoms with Gasteiger partial charge in [0.15, 0.2) is 6.23 Å². The maximum Gasteiger partial charge on any atom is 0.326 e. The molecule has 20 heavy (non-hydrogen) atoms. The minimum atomic E-state index is -1.35. The van der Waals surface area contributed by atoms with Crippen LogP contribution in [0.2, 0.25) is 0 Å². The van der Waals surface area contributed by atoms with E-state index in [-0.39, 0.29) is 12.9 Å². The highest BCUT2D eigenvalue weighted by Crippen LogP contribution is 2.00. The molecule has 0 unspecified atom stereocenters. The molecule has 0 spiro atoms. The molecule has 2 atom stereocenters. The SMILES string of the molecule is CSC[C@H](NC(=O)N[C@@H](CCC(=O)O)C(=O)O)OC=O. The van der Waals surface area contributed by atoms with Crippen LogP contribution in [0.3, 0.4) is 0 Å². The molecule has 0 aromatic heterocycles. The Kier molecular flexibility index (Phi) is 8.92. The van der Waals surface area contributed by atoms with Gasteiger partial charge in [-0.2, -0.15) is 11.8 Å². The fourth-order valence-corrected chi connectivity index (χ4v) is 1.67. The number of aliphatic carboxylic acids is 2. The van der Waals surface area contributed by atoms with Gasteiger partial charge in [0, 0.05) is 12.2 Å². The van der Waals surface area contributed by atoms with Crippen LogP contribution in [0.4, 0.5) is 4.79 Å². The van der Waals surface area contributed by atoms with Gasteiger partial charge in [0.1, 0.15) is 6.04 Å². The molecule has 0 aliphatic heterocycles. The highest BCUT2D eigenvalue weighted by Gasteiger charge is 2.22. The maximum absolute atomic E-state index is 11.5. The fraction of sp³-hybridized carbons (Fsp3) is 0.600. The average molecular weight is 308 g/mol. The van der Waals surface area contributed by atoms with E-state index in [0.717, 1.165) is 0 Å². The van der Waals surface area contributed by atoms with Crippen molar-refractivity contribution in [3.05, 3.63) is 0 Å². The molecular weight excluding hydrogens is 292 g/mol. The monoisotopic (exact) mass is 308 g/mol. The van der Waals surface area contributed by atoms with Crippen molar-refractivity contribution in [1.29, 1.82) is 0 Å². The Morgan fingerprint density at radius 2 is 1.95 bits per heavy atom. The van der Waals surface area contributed by atoms with E-state index < -0.39 is 36.7 Å². The lowest BCUT2D eigenvalue weighted by Gasteiger charge is -2.18. The molecule has 0 rings (SSSR count). The number of thioether (sulfide) groups is 1. The molecule has 10 heteroatoms. The van der Waals surface area contributed by atoms with Crippen LogP contribution >= 0.6 is 11.8 Å². The number of urea groups is 1. The van der Waals surface area contributed by atoms with Crippen molar-refractivity contribution >= 4 is 36.2 Å². The zero-order chi connectivity index (χ0) is 15.5. The summed E-state index contributed by atoms with van der Waals surface area (Å²) in [5.74, 6) is -2.22. The molecule has 0 aliphatic carbocycles. The van der Waals surface area contributed by atoms with E-state index in [9.17, 15) is 19.2 Å². The van der Waals surface area contributed by atoms with E-state index in [0.29, 0.717) is 5.75 Å². The van der Waals surface area contributed by atoms with E-state index in [4.69, 9.17) is 10.2 Å². The molecule has 0 saturated carbocycles. The van der Waals surface area contributed by atoms with Gasteiger partial charge in [0.2, 0.25) is 0 Å². The van der Waals surface area contributed by atoms with E-state index in [2.05, 4.69) is 15.4 Å². The van der Waals surface area contributed by atoms with Crippen LogP contribution in [-0.2, 0) is 19.1 Å². The largest absolute Gasteiger partial charge is 0.481 e. The summed E-state index contributed by atoms with van der Waals surface area (Å²) in [6, 6.07) is -2.19. The second-order valence-corrected chi connectivity index (χ2v) is 4.53. The molecule has 9 nitrogen and oxygen atoms in total. The number of ether oxygens (including phenoxy) is 1. The first kappa shape index (κ1) is 18.0. The molecule has 4 N–H and O–H groups in total. The zero-order valence-electron chi connectivity index (χ0n) is 10.7. The minimum Gasteiger partial charge on any atom is -0.481 e. The number of carbonyl (C=O) groups excluding carboxylic acids is 2. The highest BCUT2D eigenvalue weighted by atomic mass is 32.2. The Balaban J connectivity index is 4.39. The third-order valence-electron chi connectivity index (χ3n) is 2.08. The minimum absolute atomic E-state index is 0.167. The van der Waals surface area contributed by atoms with Crippen molar-refractivity contribution in [3.63, 3.8) is 0 Å². The predicted octanol–water partition coefficient (Wildman–Crippen LogP) is -0.534. The quantitative estimate of drug-likeness (QED) is 0.311. The van der Waals surface area contributed by atoms with Crippen LogP contribution in [-0.4, -0.2) is 58.9 Å². The van der Waals surface area contributed by atoms with Gasteiger partial charge in [-0.3, -0.25) is 9.59 Å². The van der Waals surface area contributed by atoms with Gasteiger partial charge in [0.25, 0.3) is 6.47 Å². The smallest absolute Gasteiger partial charge is 0.326 e. The first-order chi connectivity index (χ1) is 9.40. The number of carboxylic acids is 2. The predicted molar refractivity (Wildman–Crippen MR) is 69.3 cm³/mol. The Hall–Kier alpha value is -1.97.